The summed E-state index contributed by atoms with van der Waals surface area (Å²) in [6, 6.07) is 13.3. The minimum atomic E-state index is -0.461. The number of aryl methyl sites for hydroxylation is 1. The third kappa shape index (κ3) is 2.74. The second kappa shape index (κ2) is 5.65. The lowest BCUT2D eigenvalue weighted by Crippen LogP contribution is -2.18. The van der Waals surface area contributed by atoms with Crippen LogP contribution in [0.4, 0.5) is 17.1 Å². The summed E-state index contributed by atoms with van der Waals surface area (Å²) in [7, 11) is 1.89. The van der Waals surface area contributed by atoms with Crippen molar-refractivity contribution in [3.8, 4) is 0 Å². The standard InChI is InChI=1S/C16H19N3O/c1-3-11-4-7-13(8-5-11)19(2)15-10-12(17)6-9-14(15)16(18)20/h4-10H,3,17H2,1-2H3,(H2,18,20). The van der Waals surface area contributed by atoms with Crippen LogP contribution in [0.5, 0.6) is 0 Å². The minimum absolute atomic E-state index is 0.460. The smallest absolute Gasteiger partial charge is 0.250 e. The van der Waals surface area contributed by atoms with Crippen molar-refractivity contribution in [2.75, 3.05) is 17.7 Å². The normalized spacial score (nSPS) is 10.3. The molecular weight excluding hydrogens is 250 g/mol. The van der Waals surface area contributed by atoms with Gasteiger partial charge >= 0.3 is 0 Å². The van der Waals surface area contributed by atoms with E-state index >= 15 is 0 Å². The molecular formula is C16H19N3O. The predicted octanol–water partition coefficient (Wildman–Crippen LogP) is 2.70. The van der Waals surface area contributed by atoms with E-state index in [-0.39, 0.29) is 0 Å². The topological polar surface area (TPSA) is 72.3 Å². The van der Waals surface area contributed by atoms with E-state index in [1.165, 1.54) is 5.56 Å². The summed E-state index contributed by atoms with van der Waals surface area (Å²) < 4.78 is 0. The first kappa shape index (κ1) is 13.9. The SMILES string of the molecule is CCc1ccc(N(C)c2cc(N)ccc2C(N)=O)cc1. The first-order valence-electron chi connectivity index (χ1n) is 6.55. The summed E-state index contributed by atoms with van der Waals surface area (Å²) in [5.41, 5.74) is 15.2. The molecule has 0 aliphatic carbocycles. The van der Waals surface area contributed by atoms with E-state index in [4.69, 9.17) is 11.5 Å². The van der Waals surface area contributed by atoms with Crippen LogP contribution in [0.2, 0.25) is 0 Å². The van der Waals surface area contributed by atoms with Crippen LogP contribution in [-0.4, -0.2) is 13.0 Å². The number of primary amides is 1. The van der Waals surface area contributed by atoms with Gasteiger partial charge in [0.05, 0.1) is 11.3 Å². The van der Waals surface area contributed by atoms with Crippen LogP contribution in [0.25, 0.3) is 0 Å². The molecule has 0 radical (unpaired) electrons. The molecule has 0 bridgehead atoms. The van der Waals surface area contributed by atoms with E-state index in [9.17, 15) is 4.79 Å². The van der Waals surface area contributed by atoms with Crippen LogP contribution in [0.1, 0.15) is 22.8 Å². The Balaban J connectivity index is 2.43. The fourth-order valence-corrected chi connectivity index (χ4v) is 2.13. The monoisotopic (exact) mass is 269 g/mol. The van der Waals surface area contributed by atoms with Gasteiger partial charge in [0.2, 0.25) is 0 Å². The van der Waals surface area contributed by atoms with Crippen LogP contribution in [0.3, 0.4) is 0 Å². The van der Waals surface area contributed by atoms with Gasteiger partial charge in [-0.05, 0) is 42.3 Å². The number of amides is 1. The first-order valence-corrected chi connectivity index (χ1v) is 6.55. The second-order valence-corrected chi connectivity index (χ2v) is 4.72. The number of rotatable bonds is 4. The zero-order valence-corrected chi connectivity index (χ0v) is 11.8. The van der Waals surface area contributed by atoms with Gasteiger partial charge in [0, 0.05) is 18.4 Å². The van der Waals surface area contributed by atoms with Gasteiger partial charge < -0.3 is 16.4 Å². The highest BCUT2D eigenvalue weighted by Crippen LogP contribution is 2.29. The number of carbonyl (C=O) groups excluding carboxylic acids is 1. The quantitative estimate of drug-likeness (QED) is 0.838. The maximum absolute atomic E-state index is 11.5. The van der Waals surface area contributed by atoms with E-state index < -0.39 is 5.91 Å². The molecule has 20 heavy (non-hydrogen) atoms. The maximum Gasteiger partial charge on any atom is 0.250 e. The summed E-state index contributed by atoms with van der Waals surface area (Å²) in [5, 5.41) is 0. The molecule has 0 heterocycles. The molecule has 2 rings (SSSR count). The molecule has 104 valence electrons. The largest absolute Gasteiger partial charge is 0.399 e. The summed E-state index contributed by atoms with van der Waals surface area (Å²) in [6.45, 7) is 2.11. The van der Waals surface area contributed by atoms with Crippen LogP contribution in [0, 0.1) is 0 Å². The van der Waals surface area contributed by atoms with Crippen molar-refractivity contribution < 1.29 is 4.79 Å². The highest BCUT2D eigenvalue weighted by molar-refractivity contribution is 6.00. The lowest BCUT2D eigenvalue weighted by molar-refractivity contribution is 0.100. The molecule has 0 atom stereocenters. The minimum Gasteiger partial charge on any atom is -0.399 e. The fourth-order valence-electron chi connectivity index (χ4n) is 2.13. The average molecular weight is 269 g/mol. The lowest BCUT2D eigenvalue weighted by atomic mass is 10.1. The second-order valence-electron chi connectivity index (χ2n) is 4.72. The van der Waals surface area contributed by atoms with Crippen LogP contribution in [0.15, 0.2) is 42.5 Å². The molecule has 0 saturated heterocycles. The van der Waals surface area contributed by atoms with Gasteiger partial charge in [0.15, 0.2) is 0 Å². The summed E-state index contributed by atoms with van der Waals surface area (Å²) in [6.07, 6.45) is 0.995. The Hall–Kier alpha value is -2.49. The Morgan fingerprint density at radius 2 is 1.80 bits per heavy atom. The van der Waals surface area contributed by atoms with Gasteiger partial charge in [0.1, 0.15) is 0 Å². The van der Waals surface area contributed by atoms with E-state index in [0.29, 0.717) is 16.9 Å². The molecule has 0 saturated carbocycles. The van der Waals surface area contributed by atoms with Crippen LogP contribution < -0.4 is 16.4 Å². The number of carbonyl (C=O) groups is 1. The molecule has 4 heteroatoms. The van der Waals surface area contributed by atoms with Crippen LogP contribution >= 0.6 is 0 Å². The molecule has 0 fully saturated rings. The number of anilines is 3. The fraction of sp³-hybridized carbons (Fsp3) is 0.188. The molecule has 2 aromatic carbocycles. The Bertz CT molecular complexity index is 620. The molecule has 4 N–H and O–H groups in total. The van der Waals surface area contributed by atoms with E-state index in [2.05, 4.69) is 19.1 Å². The number of hydrogen-bond acceptors (Lipinski definition) is 3. The lowest BCUT2D eigenvalue weighted by Gasteiger charge is -2.22. The predicted molar refractivity (Wildman–Crippen MR) is 83.3 cm³/mol. The van der Waals surface area contributed by atoms with Crippen molar-refractivity contribution in [2.24, 2.45) is 5.73 Å². The average Bonchev–Trinajstić information content (AvgIpc) is 2.46. The third-order valence-corrected chi connectivity index (χ3v) is 3.38. The Labute approximate surface area is 119 Å². The number of nitrogen functional groups attached to an aromatic ring is 1. The highest BCUT2D eigenvalue weighted by Gasteiger charge is 2.13. The Morgan fingerprint density at radius 3 is 2.35 bits per heavy atom. The summed E-state index contributed by atoms with van der Waals surface area (Å²) in [4.78, 5) is 13.4. The maximum atomic E-state index is 11.5. The summed E-state index contributed by atoms with van der Waals surface area (Å²) >= 11 is 0. The zero-order chi connectivity index (χ0) is 14.7. The molecule has 0 aromatic heterocycles. The van der Waals surface area contributed by atoms with Crippen molar-refractivity contribution in [1.29, 1.82) is 0 Å². The van der Waals surface area contributed by atoms with Gasteiger partial charge in [-0.15, -0.1) is 0 Å². The van der Waals surface area contributed by atoms with Gasteiger partial charge in [0.25, 0.3) is 5.91 Å². The molecule has 0 aliphatic rings. The molecule has 0 spiro atoms. The Kier molecular flexibility index (Phi) is 3.94. The molecule has 0 unspecified atom stereocenters. The van der Waals surface area contributed by atoms with E-state index in [1.54, 1.807) is 18.2 Å². The molecule has 2 aromatic rings. The zero-order valence-electron chi connectivity index (χ0n) is 11.8. The number of benzene rings is 2. The van der Waals surface area contributed by atoms with Crippen LogP contribution in [-0.2, 0) is 6.42 Å². The Morgan fingerprint density at radius 1 is 1.15 bits per heavy atom. The van der Waals surface area contributed by atoms with Gasteiger partial charge in [-0.3, -0.25) is 4.79 Å². The molecule has 0 aliphatic heterocycles. The number of nitrogens with two attached hydrogens (primary N) is 2. The van der Waals surface area contributed by atoms with Crippen molar-refractivity contribution in [3.63, 3.8) is 0 Å². The first-order chi connectivity index (χ1) is 9.52. The third-order valence-electron chi connectivity index (χ3n) is 3.38. The van der Waals surface area contributed by atoms with E-state index in [0.717, 1.165) is 12.1 Å². The summed E-state index contributed by atoms with van der Waals surface area (Å²) in [5.74, 6) is -0.461. The van der Waals surface area contributed by atoms with Crippen molar-refractivity contribution in [3.05, 3.63) is 53.6 Å². The van der Waals surface area contributed by atoms with Crippen molar-refractivity contribution in [2.45, 2.75) is 13.3 Å². The molecule has 1 amide bonds. The molecule has 4 nitrogen and oxygen atoms in total. The number of nitrogens with zero attached hydrogens (tertiary/aromatic N) is 1. The number of hydrogen-bond donors (Lipinski definition) is 2. The van der Waals surface area contributed by atoms with Gasteiger partial charge in [-0.1, -0.05) is 19.1 Å². The van der Waals surface area contributed by atoms with Crippen molar-refractivity contribution in [1.82, 2.24) is 0 Å². The highest BCUT2D eigenvalue weighted by atomic mass is 16.1. The van der Waals surface area contributed by atoms with E-state index in [1.807, 2.05) is 24.1 Å². The van der Waals surface area contributed by atoms with Gasteiger partial charge in [-0.2, -0.15) is 0 Å². The van der Waals surface area contributed by atoms with Gasteiger partial charge in [-0.25, -0.2) is 0 Å². The van der Waals surface area contributed by atoms with Crippen molar-refractivity contribution >= 4 is 23.0 Å².